The number of piperidine rings is 1. The van der Waals surface area contributed by atoms with E-state index in [4.69, 9.17) is 5.11 Å². The highest BCUT2D eigenvalue weighted by molar-refractivity contribution is 5.81. The van der Waals surface area contributed by atoms with E-state index in [-0.39, 0.29) is 25.1 Å². The van der Waals surface area contributed by atoms with Gasteiger partial charge < -0.3 is 20.1 Å². The van der Waals surface area contributed by atoms with Crippen LogP contribution in [0.25, 0.3) is 0 Å². The molecule has 0 unspecified atom stereocenters. The van der Waals surface area contributed by atoms with Gasteiger partial charge in [0.25, 0.3) is 0 Å². The molecule has 0 aromatic heterocycles. The van der Waals surface area contributed by atoms with E-state index in [0.29, 0.717) is 25.9 Å². The fourth-order valence-corrected chi connectivity index (χ4v) is 1.80. The van der Waals surface area contributed by atoms with Gasteiger partial charge in [-0.2, -0.15) is 0 Å². The van der Waals surface area contributed by atoms with Crippen LogP contribution in [0.5, 0.6) is 0 Å². The van der Waals surface area contributed by atoms with Gasteiger partial charge in [-0.25, -0.2) is 4.79 Å². The monoisotopic (exact) mass is 258 g/mol. The van der Waals surface area contributed by atoms with Gasteiger partial charge in [0.15, 0.2) is 0 Å². The molecule has 1 saturated heterocycles. The van der Waals surface area contributed by atoms with E-state index in [9.17, 15) is 14.4 Å². The molecule has 18 heavy (non-hydrogen) atoms. The SMILES string of the molecule is CCOC(=O)CNC(=O)N1CCC(C(=O)O)CC1. The van der Waals surface area contributed by atoms with Crippen molar-refractivity contribution in [1.82, 2.24) is 10.2 Å². The average molecular weight is 258 g/mol. The lowest BCUT2D eigenvalue weighted by atomic mass is 9.97. The van der Waals surface area contributed by atoms with Gasteiger partial charge in [0.2, 0.25) is 0 Å². The van der Waals surface area contributed by atoms with Crippen LogP contribution in [-0.2, 0) is 14.3 Å². The Labute approximate surface area is 105 Å². The molecule has 102 valence electrons. The van der Waals surface area contributed by atoms with Crippen LogP contribution >= 0.6 is 0 Å². The number of carbonyl (C=O) groups excluding carboxylic acids is 2. The summed E-state index contributed by atoms with van der Waals surface area (Å²) in [7, 11) is 0. The van der Waals surface area contributed by atoms with E-state index in [1.807, 2.05) is 0 Å². The number of rotatable bonds is 4. The number of carboxylic acid groups (broad SMARTS) is 1. The third-order valence-corrected chi connectivity index (χ3v) is 2.82. The summed E-state index contributed by atoms with van der Waals surface area (Å²) in [6.45, 7) is 2.60. The number of urea groups is 1. The molecule has 1 heterocycles. The molecule has 0 aliphatic carbocycles. The lowest BCUT2D eigenvalue weighted by Crippen LogP contribution is -2.46. The lowest BCUT2D eigenvalue weighted by molar-refractivity contribution is -0.143. The third-order valence-electron chi connectivity index (χ3n) is 2.82. The number of esters is 1. The fraction of sp³-hybridized carbons (Fsp3) is 0.727. The summed E-state index contributed by atoms with van der Waals surface area (Å²) < 4.78 is 4.68. The van der Waals surface area contributed by atoms with Gasteiger partial charge in [-0.3, -0.25) is 9.59 Å². The average Bonchev–Trinajstić information content (AvgIpc) is 2.36. The molecule has 7 heteroatoms. The van der Waals surface area contributed by atoms with Gasteiger partial charge in [0.1, 0.15) is 6.54 Å². The second-order valence-corrected chi connectivity index (χ2v) is 4.06. The molecule has 7 nitrogen and oxygen atoms in total. The van der Waals surface area contributed by atoms with Gasteiger partial charge >= 0.3 is 18.0 Å². The Balaban J connectivity index is 2.28. The van der Waals surface area contributed by atoms with E-state index >= 15 is 0 Å². The zero-order valence-electron chi connectivity index (χ0n) is 10.3. The Kier molecular flexibility index (Phi) is 5.41. The van der Waals surface area contributed by atoms with Crippen molar-refractivity contribution >= 4 is 18.0 Å². The number of hydrogen-bond donors (Lipinski definition) is 2. The molecular formula is C11H18N2O5. The van der Waals surface area contributed by atoms with Crippen LogP contribution in [0.3, 0.4) is 0 Å². The number of aliphatic carboxylic acids is 1. The van der Waals surface area contributed by atoms with Crippen molar-refractivity contribution in [1.29, 1.82) is 0 Å². The van der Waals surface area contributed by atoms with Crippen LogP contribution in [0.2, 0.25) is 0 Å². The van der Waals surface area contributed by atoms with Crippen molar-refractivity contribution in [3.63, 3.8) is 0 Å². The second kappa shape index (κ2) is 6.83. The molecule has 1 fully saturated rings. The highest BCUT2D eigenvalue weighted by atomic mass is 16.5. The van der Waals surface area contributed by atoms with Crippen molar-refractivity contribution in [2.45, 2.75) is 19.8 Å². The minimum absolute atomic E-state index is 0.161. The molecule has 1 aliphatic rings. The first-order valence-corrected chi connectivity index (χ1v) is 5.95. The van der Waals surface area contributed by atoms with E-state index < -0.39 is 11.9 Å². The normalized spacial score (nSPS) is 16.2. The van der Waals surface area contributed by atoms with Crippen LogP contribution in [0, 0.1) is 5.92 Å². The second-order valence-electron chi connectivity index (χ2n) is 4.06. The number of hydrogen-bond acceptors (Lipinski definition) is 4. The van der Waals surface area contributed by atoms with Crippen molar-refractivity contribution in [3.05, 3.63) is 0 Å². The maximum Gasteiger partial charge on any atom is 0.325 e. The van der Waals surface area contributed by atoms with E-state index in [1.54, 1.807) is 6.92 Å². The summed E-state index contributed by atoms with van der Waals surface area (Å²) in [6.07, 6.45) is 0.893. The standard InChI is InChI=1S/C11H18N2O5/c1-2-18-9(14)7-12-11(17)13-5-3-8(4-6-13)10(15)16/h8H,2-7H2,1H3,(H,12,17)(H,15,16). The van der Waals surface area contributed by atoms with Crippen LogP contribution in [0.15, 0.2) is 0 Å². The summed E-state index contributed by atoms with van der Waals surface area (Å²) in [5, 5.41) is 11.3. The maximum atomic E-state index is 11.6. The number of carbonyl (C=O) groups is 3. The van der Waals surface area contributed by atoms with Crippen molar-refractivity contribution in [3.8, 4) is 0 Å². The Hall–Kier alpha value is -1.79. The highest BCUT2D eigenvalue weighted by Gasteiger charge is 2.26. The first-order valence-electron chi connectivity index (χ1n) is 5.95. The summed E-state index contributed by atoms with van der Waals surface area (Å²) in [5.41, 5.74) is 0. The number of ether oxygens (including phenoxy) is 1. The van der Waals surface area contributed by atoms with Gasteiger partial charge in [-0.05, 0) is 19.8 Å². The van der Waals surface area contributed by atoms with Gasteiger partial charge in [-0.1, -0.05) is 0 Å². The lowest BCUT2D eigenvalue weighted by Gasteiger charge is -2.29. The molecule has 1 rings (SSSR count). The molecule has 2 amide bonds. The Morgan fingerprint density at radius 1 is 1.33 bits per heavy atom. The molecular weight excluding hydrogens is 240 g/mol. The van der Waals surface area contributed by atoms with E-state index in [0.717, 1.165) is 0 Å². The predicted molar refractivity (Wildman–Crippen MR) is 62.0 cm³/mol. The summed E-state index contributed by atoms with van der Waals surface area (Å²) in [4.78, 5) is 34.9. The van der Waals surface area contributed by atoms with E-state index in [1.165, 1.54) is 4.90 Å². The summed E-state index contributed by atoms with van der Waals surface area (Å²) in [6, 6.07) is -0.355. The van der Waals surface area contributed by atoms with Gasteiger partial charge in [0.05, 0.1) is 12.5 Å². The molecule has 0 aromatic carbocycles. The third kappa shape index (κ3) is 4.23. The van der Waals surface area contributed by atoms with Crippen LogP contribution < -0.4 is 5.32 Å². The smallest absolute Gasteiger partial charge is 0.325 e. The number of nitrogens with one attached hydrogen (secondary N) is 1. The zero-order chi connectivity index (χ0) is 13.5. The first-order chi connectivity index (χ1) is 8.54. The van der Waals surface area contributed by atoms with Gasteiger partial charge in [0, 0.05) is 13.1 Å². The fourth-order valence-electron chi connectivity index (χ4n) is 1.80. The van der Waals surface area contributed by atoms with Crippen LogP contribution in [0.1, 0.15) is 19.8 Å². The highest BCUT2D eigenvalue weighted by Crippen LogP contribution is 2.16. The first kappa shape index (κ1) is 14.3. The zero-order valence-corrected chi connectivity index (χ0v) is 10.3. The number of carboxylic acids is 1. The molecule has 0 spiro atoms. The summed E-state index contributed by atoms with van der Waals surface area (Å²) in [5.74, 6) is -1.67. The quantitative estimate of drug-likeness (QED) is 0.695. The molecule has 0 bridgehead atoms. The molecule has 0 radical (unpaired) electrons. The Morgan fingerprint density at radius 3 is 2.44 bits per heavy atom. The largest absolute Gasteiger partial charge is 0.481 e. The van der Waals surface area contributed by atoms with Crippen LogP contribution in [-0.4, -0.2) is 54.2 Å². The molecule has 1 aliphatic heterocycles. The minimum atomic E-state index is -0.818. The molecule has 0 atom stereocenters. The number of nitrogens with zero attached hydrogens (tertiary/aromatic N) is 1. The number of amides is 2. The van der Waals surface area contributed by atoms with Crippen molar-refractivity contribution < 1.29 is 24.2 Å². The maximum absolute atomic E-state index is 11.6. The topological polar surface area (TPSA) is 95.9 Å². The van der Waals surface area contributed by atoms with Crippen molar-refractivity contribution in [2.24, 2.45) is 5.92 Å². The molecule has 2 N–H and O–H groups in total. The Bertz CT molecular complexity index is 323. The van der Waals surface area contributed by atoms with E-state index in [2.05, 4.69) is 10.1 Å². The molecule has 0 aromatic rings. The Morgan fingerprint density at radius 2 is 1.94 bits per heavy atom. The predicted octanol–water partition coefficient (Wildman–Crippen LogP) is 0.0557. The molecule has 0 saturated carbocycles. The van der Waals surface area contributed by atoms with Gasteiger partial charge in [-0.15, -0.1) is 0 Å². The van der Waals surface area contributed by atoms with Crippen LogP contribution in [0.4, 0.5) is 4.79 Å². The summed E-state index contributed by atoms with van der Waals surface area (Å²) >= 11 is 0. The van der Waals surface area contributed by atoms with Crippen molar-refractivity contribution in [2.75, 3.05) is 26.2 Å². The minimum Gasteiger partial charge on any atom is -0.481 e. The number of likely N-dealkylation sites (tertiary alicyclic amines) is 1.